The molecular weight excluding hydrogens is 431 g/mol. The summed E-state index contributed by atoms with van der Waals surface area (Å²) in [7, 11) is 0. The number of benzene rings is 1. The molecule has 2 aromatic heterocycles. The second kappa shape index (κ2) is 8.72. The molecule has 0 saturated heterocycles. The number of carbonyl (C=O) groups is 1. The van der Waals surface area contributed by atoms with Crippen LogP contribution in [0.1, 0.15) is 16.4 Å². The summed E-state index contributed by atoms with van der Waals surface area (Å²) in [4.78, 5) is 19.4. The van der Waals surface area contributed by atoms with Gasteiger partial charge in [0.2, 0.25) is 0 Å². The van der Waals surface area contributed by atoms with Crippen molar-refractivity contribution < 1.29 is 18.7 Å². The van der Waals surface area contributed by atoms with Crippen LogP contribution >= 0.6 is 35.0 Å². The van der Waals surface area contributed by atoms with Crippen LogP contribution in [-0.4, -0.2) is 21.2 Å². The van der Waals surface area contributed by atoms with E-state index in [1.54, 1.807) is 12.1 Å². The second-order valence-electron chi connectivity index (χ2n) is 5.50. The van der Waals surface area contributed by atoms with Crippen molar-refractivity contribution in [3.05, 3.63) is 81.7 Å². The Hall–Kier alpha value is -2.42. The highest BCUT2D eigenvalue weighted by Gasteiger charge is 2.24. The van der Waals surface area contributed by atoms with Gasteiger partial charge < -0.3 is 5.11 Å². The predicted octanol–water partition coefficient (Wildman–Crippen LogP) is 6.03. The molecule has 0 bridgehead atoms. The second-order valence-corrected chi connectivity index (χ2v) is 7.47. The lowest BCUT2D eigenvalue weighted by molar-refractivity contribution is 0.209. The van der Waals surface area contributed by atoms with Crippen molar-refractivity contribution in [1.82, 2.24) is 9.97 Å². The molecule has 28 heavy (non-hydrogen) atoms. The van der Waals surface area contributed by atoms with Crippen molar-refractivity contribution in [2.75, 3.05) is 5.32 Å². The first kappa shape index (κ1) is 20.3. The minimum atomic E-state index is -1.32. The highest BCUT2D eigenvalue weighted by molar-refractivity contribution is 7.99. The van der Waals surface area contributed by atoms with E-state index in [0.29, 0.717) is 10.5 Å². The average molecular weight is 442 g/mol. The van der Waals surface area contributed by atoms with Crippen molar-refractivity contribution in [2.45, 2.75) is 10.1 Å². The Kier molecular flexibility index (Phi) is 6.33. The lowest BCUT2D eigenvalue weighted by atomic mass is 10.0. The van der Waals surface area contributed by atoms with Gasteiger partial charge in [0.15, 0.2) is 0 Å². The van der Waals surface area contributed by atoms with Crippen LogP contribution in [0.5, 0.6) is 0 Å². The lowest BCUT2D eigenvalue weighted by Gasteiger charge is -2.20. The monoisotopic (exact) mass is 441 g/mol. The predicted molar refractivity (Wildman–Crippen MR) is 104 cm³/mol. The molecule has 3 aromatic rings. The maximum atomic E-state index is 14.5. The van der Waals surface area contributed by atoms with Gasteiger partial charge in [0.25, 0.3) is 0 Å². The number of nitrogens with one attached hydrogen (secondary N) is 1. The van der Waals surface area contributed by atoms with Crippen LogP contribution < -0.4 is 5.32 Å². The summed E-state index contributed by atoms with van der Waals surface area (Å²) in [5.74, 6) is -1.25. The number of pyridine rings is 2. The van der Waals surface area contributed by atoms with Crippen LogP contribution in [0.25, 0.3) is 0 Å². The third kappa shape index (κ3) is 4.89. The molecule has 0 spiro atoms. The van der Waals surface area contributed by atoms with Gasteiger partial charge in [-0.2, -0.15) is 0 Å². The fourth-order valence-electron chi connectivity index (χ4n) is 2.41. The molecule has 1 amide bonds. The normalized spacial score (nSPS) is 11.9. The minimum Gasteiger partial charge on any atom is -0.465 e. The zero-order chi connectivity index (χ0) is 20.3. The van der Waals surface area contributed by atoms with Crippen LogP contribution in [0.15, 0.2) is 53.7 Å². The van der Waals surface area contributed by atoms with E-state index >= 15 is 0 Å². The highest BCUT2D eigenvalue weighted by Crippen LogP contribution is 2.44. The van der Waals surface area contributed by atoms with Gasteiger partial charge in [0, 0.05) is 22.9 Å². The summed E-state index contributed by atoms with van der Waals surface area (Å²) in [5, 5.41) is 10.7. The van der Waals surface area contributed by atoms with Gasteiger partial charge in [0.1, 0.15) is 22.6 Å². The van der Waals surface area contributed by atoms with E-state index in [1.807, 2.05) is 0 Å². The Morgan fingerprint density at radius 2 is 1.86 bits per heavy atom. The van der Waals surface area contributed by atoms with Gasteiger partial charge >= 0.3 is 6.09 Å². The lowest BCUT2D eigenvalue weighted by Crippen LogP contribution is -2.10. The Labute approximate surface area is 172 Å². The molecule has 0 aliphatic rings. The number of hydrogen-bond donors (Lipinski definition) is 2. The number of anilines is 1. The maximum Gasteiger partial charge on any atom is 0.410 e. The minimum absolute atomic E-state index is 0.00328. The van der Waals surface area contributed by atoms with Crippen LogP contribution in [-0.2, 0) is 0 Å². The summed E-state index contributed by atoms with van der Waals surface area (Å²) in [5.41, 5.74) is 0.388. The molecule has 0 saturated carbocycles. The highest BCUT2D eigenvalue weighted by atomic mass is 35.5. The largest absolute Gasteiger partial charge is 0.465 e. The Balaban J connectivity index is 2.11. The van der Waals surface area contributed by atoms with Gasteiger partial charge in [-0.05, 0) is 42.0 Å². The maximum absolute atomic E-state index is 14.5. The van der Waals surface area contributed by atoms with Gasteiger partial charge in [-0.1, -0.05) is 23.2 Å². The molecule has 2 heterocycles. The summed E-state index contributed by atoms with van der Waals surface area (Å²) >= 11 is 13.2. The third-order valence-corrected chi connectivity index (χ3v) is 5.39. The van der Waals surface area contributed by atoms with Crippen molar-refractivity contribution in [3.63, 3.8) is 0 Å². The molecule has 0 aliphatic heterocycles. The average Bonchev–Trinajstić information content (AvgIpc) is 2.65. The standard InChI is InChI=1S/C18H11Cl2F2N3O2S/c19-13-8-24-16(25-18(26)27)6-11(13)17(12-5-9(21)1-3-14(12)22)28-10-2-4-15(20)23-7-10/h1-8,17H,(H,24,25)(H,26,27). The topological polar surface area (TPSA) is 75.1 Å². The number of carboxylic acid groups (broad SMARTS) is 1. The van der Waals surface area contributed by atoms with E-state index in [2.05, 4.69) is 15.3 Å². The molecule has 10 heteroatoms. The Morgan fingerprint density at radius 1 is 1.07 bits per heavy atom. The first-order chi connectivity index (χ1) is 13.3. The molecule has 144 valence electrons. The number of aromatic nitrogens is 2. The van der Waals surface area contributed by atoms with Crippen molar-refractivity contribution in [2.24, 2.45) is 0 Å². The smallest absolute Gasteiger partial charge is 0.410 e. The molecular formula is C18H11Cl2F2N3O2S. The first-order valence-electron chi connectivity index (χ1n) is 7.72. The third-order valence-electron chi connectivity index (χ3n) is 3.60. The number of halogens is 4. The molecule has 1 aromatic carbocycles. The molecule has 5 nitrogen and oxygen atoms in total. The first-order valence-corrected chi connectivity index (χ1v) is 9.35. The Bertz CT molecular complexity index is 1020. The SMILES string of the molecule is O=C(O)Nc1cc(C(Sc2ccc(Cl)nc2)c2cc(F)ccc2F)c(Cl)cn1. The van der Waals surface area contributed by atoms with Crippen molar-refractivity contribution >= 4 is 46.9 Å². The molecule has 1 unspecified atom stereocenters. The van der Waals surface area contributed by atoms with Gasteiger partial charge in [-0.25, -0.2) is 23.5 Å². The quantitative estimate of drug-likeness (QED) is 0.373. The zero-order valence-corrected chi connectivity index (χ0v) is 16.2. The number of thioether (sulfide) groups is 1. The van der Waals surface area contributed by atoms with E-state index in [4.69, 9.17) is 28.3 Å². The van der Waals surface area contributed by atoms with Crippen LogP contribution in [0.3, 0.4) is 0 Å². The summed E-state index contributed by atoms with van der Waals surface area (Å²) in [6.45, 7) is 0. The summed E-state index contributed by atoms with van der Waals surface area (Å²) in [6, 6.07) is 7.71. The van der Waals surface area contributed by atoms with E-state index in [0.717, 1.165) is 30.0 Å². The van der Waals surface area contributed by atoms with Crippen LogP contribution in [0, 0.1) is 11.6 Å². The number of nitrogens with zero attached hydrogens (tertiary/aromatic N) is 2. The van der Waals surface area contributed by atoms with E-state index in [9.17, 15) is 13.6 Å². The molecule has 2 N–H and O–H groups in total. The van der Waals surface area contributed by atoms with E-state index in [-0.39, 0.29) is 21.6 Å². The Morgan fingerprint density at radius 3 is 2.54 bits per heavy atom. The fourth-order valence-corrected chi connectivity index (χ4v) is 3.96. The molecule has 0 radical (unpaired) electrons. The number of rotatable bonds is 5. The fraction of sp³-hybridized carbons (Fsp3) is 0.0556. The molecule has 0 aliphatic carbocycles. The van der Waals surface area contributed by atoms with Crippen molar-refractivity contribution in [3.8, 4) is 0 Å². The van der Waals surface area contributed by atoms with Gasteiger partial charge in [-0.3, -0.25) is 5.32 Å². The van der Waals surface area contributed by atoms with Gasteiger partial charge in [-0.15, -0.1) is 11.8 Å². The van der Waals surface area contributed by atoms with Gasteiger partial charge in [0.05, 0.1) is 10.3 Å². The number of hydrogen-bond acceptors (Lipinski definition) is 4. The van der Waals surface area contributed by atoms with E-state index in [1.165, 1.54) is 18.5 Å². The van der Waals surface area contributed by atoms with Crippen LogP contribution in [0.4, 0.5) is 19.4 Å². The molecule has 3 rings (SSSR count). The van der Waals surface area contributed by atoms with E-state index < -0.39 is 23.0 Å². The van der Waals surface area contributed by atoms with Crippen LogP contribution in [0.2, 0.25) is 10.2 Å². The summed E-state index contributed by atoms with van der Waals surface area (Å²) < 4.78 is 28.4. The zero-order valence-electron chi connectivity index (χ0n) is 13.9. The van der Waals surface area contributed by atoms with Crippen molar-refractivity contribution in [1.29, 1.82) is 0 Å². The number of amides is 1. The summed E-state index contributed by atoms with van der Waals surface area (Å²) in [6.07, 6.45) is 1.42. The molecule has 1 atom stereocenters. The molecule has 0 fully saturated rings.